The van der Waals surface area contributed by atoms with Gasteiger partial charge >= 0.3 is 5.97 Å². The highest BCUT2D eigenvalue weighted by Crippen LogP contribution is 2.38. The van der Waals surface area contributed by atoms with Crippen molar-refractivity contribution in [2.24, 2.45) is 0 Å². The lowest BCUT2D eigenvalue weighted by atomic mass is 9.86. The number of hydrogen-bond acceptors (Lipinski definition) is 5. The number of aliphatic carboxylic acids is 1. The van der Waals surface area contributed by atoms with E-state index in [1.807, 2.05) is 19.9 Å². The summed E-state index contributed by atoms with van der Waals surface area (Å²) in [6, 6.07) is 6.26. The fourth-order valence-electron chi connectivity index (χ4n) is 4.03. The van der Waals surface area contributed by atoms with Crippen LogP contribution in [0.3, 0.4) is 0 Å². The van der Waals surface area contributed by atoms with E-state index < -0.39 is 24.6 Å². The maximum Gasteiger partial charge on any atom is 0.305 e. The number of methoxy groups -OCH3 is 1. The quantitative estimate of drug-likeness (QED) is 0.411. The average molecular weight is 474 g/mol. The van der Waals surface area contributed by atoms with Crippen LogP contribution in [0.1, 0.15) is 81.8 Å². The summed E-state index contributed by atoms with van der Waals surface area (Å²) in [6.45, 7) is 10.3. The third-order valence-electron chi connectivity index (χ3n) is 5.72. The zero-order valence-electron chi connectivity index (χ0n) is 20.8. The first-order chi connectivity index (χ1) is 16.0. The number of pyridine rings is 1. The molecule has 0 unspecified atom stereocenters. The van der Waals surface area contributed by atoms with Crippen LogP contribution in [0, 0.1) is 5.82 Å². The molecular weight excluding hydrogens is 437 g/mol. The zero-order chi connectivity index (χ0) is 25.6. The third kappa shape index (κ3) is 6.95. The van der Waals surface area contributed by atoms with E-state index in [0.717, 1.165) is 33.6 Å². The van der Waals surface area contributed by atoms with Crippen LogP contribution in [-0.2, 0) is 16.1 Å². The lowest BCUT2D eigenvalue weighted by molar-refractivity contribution is -0.139. The van der Waals surface area contributed by atoms with Crippen molar-refractivity contribution in [3.63, 3.8) is 0 Å². The fourth-order valence-corrected chi connectivity index (χ4v) is 4.03. The second-order valence-corrected chi connectivity index (χ2v) is 9.29. The van der Waals surface area contributed by atoms with E-state index in [1.165, 1.54) is 12.1 Å². The normalized spacial score (nSPS) is 14.0. The molecule has 2 atom stereocenters. The lowest BCUT2D eigenvalue weighted by Gasteiger charge is -2.24. The molecule has 3 N–H and O–H groups in total. The predicted molar refractivity (Wildman–Crippen MR) is 131 cm³/mol. The molecule has 0 fully saturated rings. The molecule has 0 amide bonds. The van der Waals surface area contributed by atoms with Crippen LogP contribution in [0.2, 0.25) is 0 Å². The minimum atomic E-state index is -1.16. The summed E-state index contributed by atoms with van der Waals surface area (Å²) in [7, 11) is 1.61. The molecule has 6 nitrogen and oxygen atoms in total. The van der Waals surface area contributed by atoms with Crippen LogP contribution in [0.5, 0.6) is 0 Å². The molecule has 186 valence electrons. The highest BCUT2D eigenvalue weighted by Gasteiger charge is 2.24. The molecule has 34 heavy (non-hydrogen) atoms. The summed E-state index contributed by atoms with van der Waals surface area (Å²) in [5.41, 5.74) is 5.66. The number of halogens is 1. The van der Waals surface area contributed by atoms with Crippen LogP contribution in [0.15, 0.2) is 29.8 Å². The van der Waals surface area contributed by atoms with E-state index in [2.05, 4.69) is 13.8 Å². The van der Waals surface area contributed by atoms with Crippen molar-refractivity contribution in [1.82, 2.24) is 4.98 Å². The number of aromatic nitrogens is 1. The molecule has 7 heteroatoms. The van der Waals surface area contributed by atoms with Crippen LogP contribution in [0.25, 0.3) is 17.2 Å². The maximum absolute atomic E-state index is 13.7. The van der Waals surface area contributed by atoms with Crippen molar-refractivity contribution in [2.75, 3.05) is 7.11 Å². The van der Waals surface area contributed by atoms with Crippen molar-refractivity contribution in [1.29, 1.82) is 0 Å². The van der Waals surface area contributed by atoms with E-state index >= 15 is 0 Å². The Morgan fingerprint density at radius 1 is 1.09 bits per heavy atom. The average Bonchev–Trinajstić information content (AvgIpc) is 2.73. The van der Waals surface area contributed by atoms with Crippen molar-refractivity contribution in [3.8, 4) is 11.1 Å². The van der Waals surface area contributed by atoms with Crippen LogP contribution in [-0.4, -0.2) is 45.6 Å². The number of ether oxygens (including phenoxy) is 1. The molecule has 1 aromatic heterocycles. The molecule has 0 aliphatic rings. The van der Waals surface area contributed by atoms with Gasteiger partial charge in [0.2, 0.25) is 0 Å². The third-order valence-corrected chi connectivity index (χ3v) is 5.72. The van der Waals surface area contributed by atoms with Crippen LogP contribution in [0.4, 0.5) is 4.39 Å². The van der Waals surface area contributed by atoms with Gasteiger partial charge in [0.25, 0.3) is 0 Å². The Morgan fingerprint density at radius 3 is 2.18 bits per heavy atom. The number of nitrogens with zero attached hydrogens (tertiary/aromatic N) is 1. The Morgan fingerprint density at radius 2 is 1.68 bits per heavy atom. The molecule has 1 heterocycles. The molecule has 0 aliphatic carbocycles. The number of benzene rings is 1. The zero-order valence-corrected chi connectivity index (χ0v) is 20.8. The Kier molecular flexibility index (Phi) is 9.91. The van der Waals surface area contributed by atoms with E-state index in [0.29, 0.717) is 12.2 Å². The monoisotopic (exact) mass is 473 g/mol. The molecule has 1 aromatic carbocycles. The van der Waals surface area contributed by atoms with Gasteiger partial charge in [-0.25, -0.2) is 4.39 Å². The Balaban J connectivity index is 2.77. The highest BCUT2D eigenvalue weighted by atomic mass is 19.1. The smallest absolute Gasteiger partial charge is 0.305 e. The Bertz CT molecular complexity index is 1010. The van der Waals surface area contributed by atoms with Gasteiger partial charge in [-0.2, -0.15) is 0 Å². The molecular formula is C27H36FNO5. The molecule has 0 saturated carbocycles. The number of carboxylic acids is 1. The summed E-state index contributed by atoms with van der Waals surface area (Å²) < 4.78 is 19.3. The number of hydrogen-bond donors (Lipinski definition) is 3. The number of aliphatic hydroxyl groups is 2. The van der Waals surface area contributed by atoms with Gasteiger partial charge in [-0.1, -0.05) is 45.9 Å². The molecule has 2 aromatic rings. The van der Waals surface area contributed by atoms with Crippen molar-refractivity contribution >= 4 is 12.0 Å². The SMILES string of the molecule is COCc1c(C(C)C)nc(C(C)C)c(/C=C(\C)[C@@H](O)C[C@@H](O)CC(=O)O)c1-c1ccc(F)cc1. The maximum atomic E-state index is 13.7. The van der Waals surface area contributed by atoms with Gasteiger partial charge in [0.15, 0.2) is 0 Å². The summed E-state index contributed by atoms with van der Waals surface area (Å²) >= 11 is 0. The van der Waals surface area contributed by atoms with E-state index in [9.17, 15) is 19.4 Å². The topological polar surface area (TPSA) is 99.9 Å². The highest BCUT2D eigenvalue weighted by molar-refractivity contribution is 5.81. The predicted octanol–water partition coefficient (Wildman–Crippen LogP) is 5.27. The van der Waals surface area contributed by atoms with Gasteiger partial charge < -0.3 is 20.1 Å². The molecule has 2 rings (SSSR count). The second-order valence-electron chi connectivity index (χ2n) is 9.29. The summed E-state index contributed by atoms with van der Waals surface area (Å²) in [4.78, 5) is 15.9. The van der Waals surface area contributed by atoms with Gasteiger partial charge in [-0.05, 0) is 47.6 Å². The summed E-state index contributed by atoms with van der Waals surface area (Å²) in [5.74, 6) is -1.28. The molecule has 0 spiro atoms. The lowest BCUT2D eigenvalue weighted by Crippen LogP contribution is -2.21. The van der Waals surface area contributed by atoms with E-state index in [4.69, 9.17) is 14.8 Å². The first kappa shape index (κ1) is 27.6. The fraction of sp³-hybridized carbons (Fsp3) is 0.481. The van der Waals surface area contributed by atoms with Gasteiger partial charge in [0.05, 0.1) is 30.9 Å². The standard InChI is InChI=1S/C27H36FNO5/c1-15(2)26-21(11-17(5)23(31)12-20(30)13-24(32)33)25(18-7-9-19(28)10-8-18)22(14-34-6)27(29-26)16(3)4/h7-11,15-16,20,23,30-31H,12-14H2,1-6H3,(H,32,33)/b17-11+/t20-,23+/m1/s1. The van der Waals surface area contributed by atoms with Gasteiger partial charge in [-0.15, -0.1) is 0 Å². The Labute approximate surface area is 201 Å². The first-order valence-electron chi connectivity index (χ1n) is 11.5. The van der Waals surface area contributed by atoms with Crippen LogP contribution >= 0.6 is 0 Å². The van der Waals surface area contributed by atoms with Crippen molar-refractivity contribution < 1.29 is 29.2 Å². The van der Waals surface area contributed by atoms with Crippen molar-refractivity contribution in [2.45, 2.75) is 78.1 Å². The minimum absolute atomic E-state index is 0.0575. The summed E-state index contributed by atoms with van der Waals surface area (Å²) in [6.07, 6.45) is -0.901. The minimum Gasteiger partial charge on any atom is -0.481 e. The van der Waals surface area contributed by atoms with Gasteiger partial charge in [0.1, 0.15) is 5.82 Å². The van der Waals surface area contributed by atoms with Crippen molar-refractivity contribution in [3.05, 3.63) is 58.2 Å². The molecule has 0 radical (unpaired) electrons. The number of aliphatic hydroxyl groups excluding tert-OH is 2. The van der Waals surface area contributed by atoms with E-state index in [-0.39, 0.29) is 24.1 Å². The number of carbonyl (C=O) groups is 1. The van der Waals surface area contributed by atoms with Gasteiger partial charge in [-0.3, -0.25) is 9.78 Å². The second kappa shape index (κ2) is 12.2. The first-order valence-corrected chi connectivity index (χ1v) is 11.5. The Hall–Kier alpha value is -2.61. The number of rotatable bonds is 11. The molecule has 0 aliphatic heterocycles. The molecule has 0 bridgehead atoms. The largest absolute Gasteiger partial charge is 0.481 e. The van der Waals surface area contributed by atoms with Crippen LogP contribution < -0.4 is 0 Å². The molecule has 0 saturated heterocycles. The van der Waals surface area contributed by atoms with E-state index in [1.54, 1.807) is 26.2 Å². The van der Waals surface area contributed by atoms with Gasteiger partial charge in [0, 0.05) is 30.4 Å². The number of carboxylic acid groups (broad SMARTS) is 1. The summed E-state index contributed by atoms with van der Waals surface area (Å²) in [5, 5.41) is 29.6.